The van der Waals surface area contributed by atoms with E-state index in [0.29, 0.717) is 19.5 Å². The molecule has 0 aromatic heterocycles. The van der Waals surface area contributed by atoms with Crippen LogP contribution in [0.4, 0.5) is 0 Å². The first kappa shape index (κ1) is 16.0. The average molecular weight is 310 g/mol. The fourth-order valence-corrected chi connectivity index (χ4v) is 4.52. The number of sulfonamides is 1. The quantitative estimate of drug-likeness (QED) is 0.853. The van der Waals surface area contributed by atoms with Crippen molar-refractivity contribution in [3.05, 3.63) is 30.3 Å². The Morgan fingerprint density at radius 2 is 1.86 bits per heavy atom. The van der Waals surface area contributed by atoms with Gasteiger partial charge in [0, 0.05) is 19.5 Å². The summed E-state index contributed by atoms with van der Waals surface area (Å²) in [5, 5.41) is 0. The zero-order chi connectivity index (χ0) is 15.6. The highest BCUT2D eigenvalue weighted by Gasteiger charge is 2.43. The zero-order valence-corrected chi connectivity index (χ0v) is 13.5. The van der Waals surface area contributed by atoms with Crippen LogP contribution in [-0.2, 0) is 14.8 Å². The number of carbonyl (C=O) groups excluding carboxylic acids is 1. The third-order valence-corrected chi connectivity index (χ3v) is 5.63. The van der Waals surface area contributed by atoms with Crippen LogP contribution >= 0.6 is 0 Å². The van der Waals surface area contributed by atoms with E-state index in [1.165, 1.54) is 4.31 Å². The van der Waals surface area contributed by atoms with Gasteiger partial charge in [-0.15, -0.1) is 0 Å². The molecular weight excluding hydrogens is 288 g/mol. The van der Waals surface area contributed by atoms with Gasteiger partial charge in [0.2, 0.25) is 15.9 Å². The lowest BCUT2D eigenvalue weighted by Crippen LogP contribution is -2.47. The van der Waals surface area contributed by atoms with Crippen LogP contribution in [0.2, 0.25) is 0 Å². The molecule has 21 heavy (non-hydrogen) atoms. The van der Waals surface area contributed by atoms with E-state index in [9.17, 15) is 13.2 Å². The molecule has 1 aromatic carbocycles. The molecule has 0 N–H and O–H groups in total. The Balaban J connectivity index is 2.37. The molecule has 2 rings (SSSR count). The van der Waals surface area contributed by atoms with E-state index >= 15 is 0 Å². The summed E-state index contributed by atoms with van der Waals surface area (Å²) in [5.74, 6) is 0.0425. The van der Waals surface area contributed by atoms with Crippen LogP contribution in [0.15, 0.2) is 35.2 Å². The summed E-state index contributed by atoms with van der Waals surface area (Å²) in [6, 6.07) is 8.40. The van der Waals surface area contributed by atoms with Gasteiger partial charge in [0.15, 0.2) is 0 Å². The summed E-state index contributed by atoms with van der Waals surface area (Å²) in [6.07, 6.45) is -0.00900. The van der Waals surface area contributed by atoms with Gasteiger partial charge in [-0.05, 0) is 18.1 Å². The Labute approximate surface area is 126 Å². The minimum Gasteiger partial charge on any atom is -0.324 e. The van der Waals surface area contributed by atoms with Crippen molar-refractivity contribution in [2.45, 2.75) is 38.3 Å². The maximum atomic E-state index is 12.8. The number of nitrogens with zero attached hydrogens (tertiary/aromatic N) is 2. The lowest BCUT2D eigenvalue weighted by Gasteiger charge is -2.32. The number of hydrogen-bond donors (Lipinski definition) is 0. The first-order valence-electron chi connectivity index (χ1n) is 7.26. The fraction of sp³-hybridized carbons (Fsp3) is 0.533. The van der Waals surface area contributed by atoms with Crippen molar-refractivity contribution in [3.63, 3.8) is 0 Å². The molecule has 0 spiro atoms. The molecule has 1 aliphatic rings. The summed E-state index contributed by atoms with van der Waals surface area (Å²) in [6.45, 7) is 6.50. The van der Waals surface area contributed by atoms with E-state index in [-0.39, 0.29) is 16.7 Å². The van der Waals surface area contributed by atoms with Crippen molar-refractivity contribution in [2.75, 3.05) is 13.1 Å². The summed E-state index contributed by atoms with van der Waals surface area (Å²) in [4.78, 5) is 14.0. The summed E-state index contributed by atoms with van der Waals surface area (Å²) in [5.41, 5.74) is 0. The minimum atomic E-state index is -3.57. The maximum Gasteiger partial charge on any atom is 0.244 e. The monoisotopic (exact) mass is 310 g/mol. The predicted molar refractivity (Wildman–Crippen MR) is 81.0 cm³/mol. The molecule has 5 nitrogen and oxygen atoms in total. The average Bonchev–Trinajstić information content (AvgIpc) is 2.93. The first-order valence-corrected chi connectivity index (χ1v) is 8.70. The lowest BCUT2D eigenvalue weighted by molar-refractivity contribution is -0.133. The van der Waals surface area contributed by atoms with Gasteiger partial charge < -0.3 is 4.90 Å². The maximum absolute atomic E-state index is 12.8. The highest BCUT2D eigenvalue weighted by Crippen LogP contribution is 2.28. The molecular formula is C15H22N2O3S. The Morgan fingerprint density at radius 3 is 2.38 bits per heavy atom. The van der Waals surface area contributed by atoms with Gasteiger partial charge in [-0.1, -0.05) is 39.0 Å². The summed E-state index contributed by atoms with van der Waals surface area (Å²) in [7, 11) is -3.57. The third kappa shape index (κ3) is 2.96. The van der Waals surface area contributed by atoms with Crippen molar-refractivity contribution in [2.24, 2.45) is 5.92 Å². The molecule has 0 aliphatic carbocycles. The Bertz CT molecular complexity index is 599. The van der Waals surface area contributed by atoms with Crippen LogP contribution in [0.1, 0.15) is 27.2 Å². The predicted octanol–water partition coefficient (Wildman–Crippen LogP) is 1.91. The lowest BCUT2D eigenvalue weighted by atomic mass is 10.1. The standard InChI is InChI=1S/C15H22N2O3S/c1-4-14(18)16-10-11-17(15(16)12(2)3)21(19,20)13-8-6-5-7-9-13/h5-9,12,15H,4,10-11H2,1-3H3. The van der Waals surface area contributed by atoms with Crippen LogP contribution < -0.4 is 0 Å². The van der Waals surface area contributed by atoms with Gasteiger partial charge in [0.25, 0.3) is 0 Å². The first-order chi connectivity index (χ1) is 9.89. The second-order valence-corrected chi connectivity index (χ2v) is 7.42. The van der Waals surface area contributed by atoms with Crippen molar-refractivity contribution >= 4 is 15.9 Å². The third-order valence-electron chi connectivity index (χ3n) is 3.74. The van der Waals surface area contributed by atoms with Gasteiger partial charge in [-0.25, -0.2) is 8.42 Å². The molecule has 0 bridgehead atoms. The molecule has 0 radical (unpaired) electrons. The van der Waals surface area contributed by atoms with Crippen molar-refractivity contribution in [1.82, 2.24) is 9.21 Å². The molecule has 1 heterocycles. The van der Waals surface area contributed by atoms with Gasteiger partial charge in [0.05, 0.1) is 4.90 Å². The molecule has 1 aliphatic heterocycles. The van der Waals surface area contributed by atoms with Crippen LogP contribution in [-0.4, -0.2) is 42.8 Å². The highest BCUT2D eigenvalue weighted by molar-refractivity contribution is 7.89. The normalized spacial score (nSPS) is 20.2. The van der Waals surface area contributed by atoms with Crippen LogP contribution in [0.3, 0.4) is 0 Å². The molecule has 0 saturated carbocycles. The highest BCUT2D eigenvalue weighted by atomic mass is 32.2. The molecule has 1 saturated heterocycles. The molecule has 6 heteroatoms. The molecule has 1 atom stereocenters. The topological polar surface area (TPSA) is 57.7 Å². The van der Waals surface area contributed by atoms with E-state index in [1.807, 2.05) is 13.8 Å². The van der Waals surface area contributed by atoms with E-state index in [2.05, 4.69) is 0 Å². The van der Waals surface area contributed by atoms with Gasteiger partial charge in [-0.2, -0.15) is 4.31 Å². The SMILES string of the molecule is CCC(=O)N1CCN(S(=O)(=O)c2ccccc2)C1C(C)C. The van der Waals surface area contributed by atoms with Gasteiger partial charge in [0.1, 0.15) is 6.17 Å². The van der Waals surface area contributed by atoms with E-state index in [4.69, 9.17) is 0 Å². The molecule has 1 fully saturated rings. The van der Waals surface area contributed by atoms with Crippen molar-refractivity contribution in [1.29, 1.82) is 0 Å². The number of amides is 1. The second-order valence-electron chi connectivity index (χ2n) is 5.53. The number of rotatable bonds is 4. The molecule has 1 unspecified atom stereocenters. The fourth-order valence-electron chi connectivity index (χ4n) is 2.78. The van der Waals surface area contributed by atoms with Crippen molar-refractivity contribution in [3.8, 4) is 0 Å². The Hall–Kier alpha value is -1.40. The van der Waals surface area contributed by atoms with Crippen LogP contribution in [0.5, 0.6) is 0 Å². The van der Waals surface area contributed by atoms with E-state index < -0.39 is 16.2 Å². The van der Waals surface area contributed by atoms with E-state index in [0.717, 1.165) is 0 Å². The van der Waals surface area contributed by atoms with Gasteiger partial charge in [-0.3, -0.25) is 4.79 Å². The largest absolute Gasteiger partial charge is 0.324 e. The Morgan fingerprint density at radius 1 is 1.24 bits per heavy atom. The number of benzene rings is 1. The molecule has 1 aromatic rings. The van der Waals surface area contributed by atoms with Crippen LogP contribution in [0.25, 0.3) is 0 Å². The minimum absolute atomic E-state index is 0.000498. The van der Waals surface area contributed by atoms with Crippen LogP contribution in [0, 0.1) is 5.92 Å². The number of hydrogen-bond acceptors (Lipinski definition) is 3. The smallest absolute Gasteiger partial charge is 0.244 e. The molecule has 1 amide bonds. The summed E-state index contributed by atoms with van der Waals surface area (Å²) >= 11 is 0. The molecule has 116 valence electrons. The zero-order valence-electron chi connectivity index (χ0n) is 12.7. The van der Waals surface area contributed by atoms with E-state index in [1.54, 1.807) is 42.2 Å². The van der Waals surface area contributed by atoms with Gasteiger partial charge >= 0.3 is 0 Å². The Kier molecular flexibility index (Phi) is 4.68. The number of carbonyl (C=O) groups is 1. The second kappa shape index (κ2) is 6.15. The summed E-state index contributed by atoms with van der Waals surface area (Å²) < 4.78 is 27.0. The van der Waals surface area contributed by atoms with Crippen molar-refractivity contribution < 1.29 is 13.2 Å².